The number of rotatable bonds is 8. The fraction of sp³-hybridized carbons (Fsp3) is 0.529. The predicted molar refractivity (Wildman–Crippen MR) is 91.8 cm³/mol. The number of carbonyl (C=O) groups is 2. The SMILES string of the molecule is CCOC(=O)CCN(Cc1ccc(S(N)(=O)=O)cc1)C(=O)C1CCC1. The zero-order valence-electron chi connectivity index (χ0n) is 14.3. The van der Waals surface area contributed by atoms with E-state index in [-0.39, 0.29) is 35.7 Å². The van der Waals surface area contributed by atoms with Crippen LogP contribution in [-0.4, -0.2) is 38.3 Å². The highest BCUT2D eigenvalue weighted by Crippen LogP contribution is 2.29. The first-order valence-electron chi connectivity index (χ1n) is 8.37. The molecule has 1 fully saturated rings. The Balaban J connectivity index is 2.06. The Labute approximate surface area is 148 Å². The molecular weight excluding hydrogens is 344 g/mol. The normalized spacial score (nSPS) is 14.6. The Morgan fingerprint density at radius 1 is 1.24 bits per heavy atom. The minimum Gasteiger partial charge on any atom is -0.466 e. The molecule has 0 atom stereocenters. The van der Waals surface area contributed by atoms with Crippen molar-refractivity contribution in [1.82, 2.24) is 4.90 Å². The van der Waals surface area contributed by atoms with Crippen LogP contribution in [0.5, 0.6) is 0 Å². The number of hydrogen-bond acceptors (Lipinski definition) is 5. The van der Waals surface area contributed by atoms with Gasteiger partial charge in [0.2, 0.25) is 15.9 Å². The highest BCUT2D eigenvalue weighted by atomic mass is 32.2. The number of esters is 1. The molecule has 0 radical (unpaired) electrons. The predicted octanol–water partition coefficient (Wildman–Crippen LogP) is 1.42. The van der Waals surface area contributed by atoms with E-state index in [4.69, 9.17) is 9.88 Å². The van der Waals surface area contributed by atoms with Gasteiger partial charge in [-0.2, -0.15) is 0 Å². The van der Waals surface area contributed by atoms with Crippen molar-refractivity contribution in [2.75, 3.05) is 13.2 Å². The molecule has 1 amide bonds. The lowest BCUT2D eigenvalue weighted by atomic mass is 9.84. The summed E-state index contributed by atoms with van der Waals surface area (Å²) in [5.41, 5.74) is 0.781. The van der Waals surface area contributed by atoms with E-state index in [2.05, 4.69) is 0 Å². The molecule has 0 bridgehead atoms. The minimum atomic E-state index is -3.74. The maximum absolute atomic E-state index is 12.6. The molecule has 1 aromatic rings. The van der Waals surface area contributed by atoms with E-state index in [1.165, 1.54) is 12.1 Å². The fourth-order valence-electron chi connectivity index (χ4n) is 2.64. The van der Waals surface area contributed by atoms with Gasteiger partial charge < -0.3 is 9.64 Å². The van der Waals surface area contributed by atoms with E-state index in [1.54, 1.807) is 24.0 Å². The van der Waals surface area contributed by atoms with E-state index in [9.17, 15) is 18.0 Å². The molecule has 2 N–H and O–H groups in total. The molecule has 0 aromatic heterocycles. The second-order valence-corrected chi connectivity index (χ2v) is 7.69. The number of primary sulfonamides is 1. The topological polar surface area (TPSA) is 107 Å². The van der Waals surface area contributed by atoms with E-state index in [0.717, 1.165) is 24.8 Å². The molecule has 7 nitrogen and oxygen atoms in total. The van der Waals surface area contributed by atoms with Gasteiger partial charge in [0, 0.05) is 19.0 Å². The van der Waals surface area contributed by atoms with E-state index in [0.29, 0.717) is 13.2 Å². The van der Waals surface area contributed by atoms with E-state index in [1.807, 2.05) is 0 Å². The lowest BCUT2D eigenvalue weighted by molar-refractivity contribution is -0.145. The van der Waals surface area contributed by atoms with Crippen LogP contribution in [0.15, 0.2) is 29.2 Å². The summed E-state index contributed by atoms with van der Waals surface area (Å²) in [5.74, 6) is -0.282. The Bertz CT molecular complexity index is 711. The van der Waals surface area contributed by atoms with Crippen molar-refractivity contribution in [2.24, 2.45) is 11.1 Å². The van der Waals surface area contributed by atoms with Crippen molar-refractivity contribution in [3.05, 3.63) is 29.8 Å². The zero-order chi connectivity index (χ0) is 18.4. The number of nitrogens with two attached hydrogens (primary N) is 1. The maximum Gasteiger partial charge on any atom is 0.307 e. The number of sulfonamides is 1. The van der Waals surface area contributed by atoms with Crippen molar-refractivity contribution in [2.45, 2.75) is 44.0 Å². The van der Waals surface area contributed by atoms with Crippen molar-refractivity contribution in [3.8, 4) is 0 Å². The lowest BCUT2D eigenvalue weighted by Crippen LogP contribution is -2.39. The van der Waals surface area contributed by atoms with Crippen LogP contribution in [0, 0.1) is 5.92 Å². The molecule has 2 rings (SSSR count). The molecule has 1 saturated carbocycles. The summed E-state index contributed by atoms with van der Waals surface area (Å²) in [7, 11) is -3.74. The monoisotopic (exact) mass is 368 g/mol. The molecule has 0 spiro atoms. The maximum atomic E-state index is 12.6. The Kier molecular flexibility index (Phi) is 6.55. The average Bonchev–Trinajstić information content (AvgIpc) is 2.49. The molecule has 25 heavy (non-hydrogen) atoms. The third-order valence-corrected chi connectivity index (χ3v) is 5.21. The third kappa shape index (κ3) is 5.54. The van der Waals surface area contributed by atoms with Crippen LogP contribution < -0.4 is 5.14 Å². The number of nitrogens with zero attached hydrogens (tertiary/aromatic N) is 1. The van der Waals surface area contributed by atoms with Crippen molar-refractivity contribution in [3.63, 3.8) is 0 Å². The lowest BCUT2D eigenvalue weighted by Gasteiger charge is -2.31. The van der Waals surface area contributed by atoms with Gasteiger partial charge >= 0.3 is 5.97 Å². The van der Waals surface area contributed by atoms with E-state index < -0.39 is 10.0 Å². The van der Waals surface area contributed by atoms with Crippen molar-refractivity contribution >= 4 is 21.9 Å². The highest BCUT2D eigenvalue weighted by molar-refractivity contribution is 7.89. The molecule has 1 aromatic carbocycles. The number of carbonyl (C=O) groups excluding carboxylic acids is 2. The van der Waals surface area contributed by atoms with Crippen LogP contribution in [0.3, 0.4) is 0 Å². The van der Waals surface area contributed by atoms with Gasteiger partial charge in [-0.25, -0.2) is 13.6 Å². The minimum absolute atomic E-state index is 0.0193. The molecule has 0 saturated heterocycles. The summed E-state index contributed by atoms with van der Waals surface area (Å²) in [5, 5.41) is 5.09. The first kappa shape index (κ1) is 19.4. The number of benzene rings is 1. The molecule has 0 aliphatic heterocycles. The van der Waals surface area contributed by atoms with E-state index >= 15 is 0 Å². The van der Waals surface area contributed by atoms with Gasteiger partial charge in [0.05, 0.1) is 17.9 Å². The average molecular weight is 368 g/mol. The van der Waals surface area contributed by atoms with Gasteiger partial charge in [-0.3, -0.25) is 9.59 Å². The third-order valence-electron chi connectivity index (χ3n) is 4.28. The second-order valence-electron chi connectivity index (χ2n) is 6.13. The van der Waals surface area contributed by atoms with Gasteiger partial charge in [0.15, 0.2) is 0 Å². The molecule has 0 heterocycles. The first-order valence-corrected chi connectivity index (χ1v) is 9.92. The summed E-state index contributed by atoms with van der Waals surface area (Å²) in [6.45, 7) is 2.65. The smallest absolute Gasteiger partial charge is 0.307 e. The van der Waals surface area contributed by atoms with Crippen molar-refractivity contribution in [1.29, 1.82) is 0 Å². The highest BCUT2D eigenvalue weighted by Gasteiger charge is 2.29. The van der Waals surface area contributed by atoms with Crippen LogP contribution in [-0.2, 0) is 30.9 Å². The summed E-state index contributed by atoms with van der Waals surface area (Å²) in [6, 6.07) is 6.10. The molecular formula is C17H24N2O5S. The molecule has 1 aliphatic carbocycles. The van der Waals surface area contributed by atoms with Gasteiger partial charge in [-0.1, -0.05) is 18.6 Å². The summed E-state index contributed by atoms with van der Waals surface area (Å²) in [4.78, 5) is 25.8. The van der Waals surface area contributed by atoms with Crippen LogP contribution >= 0.6 is 0 Å². The molecule has 1 aliphatic rings. The fourth-order valence-corrected chi connectivity index (χ4v) is 3.16. The number of amides is 1. The Morgan fingerprint density at radius 3 is 2.36 bits per heavy atom. The van der Waals surface area contributed by atoms with Gasteiger partial charge in [0.1, 0.15) is 0 Å². The quantitative estimate of drug-likeness (QED) is 0.698. The van der Waals surface area contributed by atoms with Crippen molar-refractivity contribution < 1.29 is 22.7 Å². The molecule has 138 valence electrons. The molecule has 0 unspecified atom stereocenters. The van der Waals surface area contributed by atoms with Crippen LogP contribution in [0.2, 0.25) is 0 Å². The summed E-state index contributed by atoms with van der Waals surface area (Å²) in [6.07, 6.45) is 2.94. The standard InChI is InChI=1S/C17H24N2O5S/c1-2-24-16(20)10-11-19(17(21)14-4-3-5-14)12-13-6-8-15(9-7-13)25(18,22)23/h6-9,14H,2-5,10-12H2,1H3,(H2,18,22,23). The summed E-state index contributed by atoms with van der Waals surface area (Å²) < 4.78 is 27.5. The largest absolute Gasteiger partial charge is 0.466 e. The van der Waals surface area contributed by atoms with Crippen LogP contribution in [0.4, 0.5) is 0 Å². The van der Waals surface area contributed by atoms with Gasteiger partial charge in [-0.15, -0.1) is 0 Å². The Hall–Kier alpha value is -1.93. The van der Waals surface area contributed by atoms with Gasteiger partial charge in [-0.05, 0) is 37.5 Å². The second kappa shape index (κ2) is 8.44. The molecule has 8 heteroatoms. The number of ether oxygens (including phenoxy) is 1. The first-order chi connectivity index (χ1) is 11.8. The number of hydrogen-bond donors (Lipinski definition) is 1. The van der Waals surface area contributed by atoms with Crippen LogP contribution in [0.1, 0.15) is 38.2 Å². The van der Waals surface area contributed by atoms with Gasteiger partial charge in [0.25, 0.3) is 0 Å². The van der Waals surface area contributed by atoms with Crippen LogP contribution in [0.25, 0.3) is 0 Å². The summed E-state index contributed by atoms with van der Waals surface area (Å²) >= 11 is 0. The Morgan fingerprint density at radius 2 is 1.88 bits per heavy atom. The zero-order valence-corrected chi connectivity index (χ0v) is 15.1.